The van der Waals surface area contributed by atoms with E-state index in [0.29, 0.717) is 11.3 Å². The van der Waals surface area contributed by atoms with Gasteiger partial charge in [-0.3, -0.25) is 0 Å². The molecular weight excluding hydrogens is 274 g/mol. The number of halogens is 4. The van der Waals surface area contributed by atoms with E-state index in [-0.39, 0.29) is 11.3 Å². The highest BCUT2D eigenvalue weighted by Gasteiger charge is 2.44. The van der Waals surface area contributed by atoms with E-state index in [4.69, 9.17) is 5.73 Å². The van der Waals surface area contributed by atoms with Crippen molar-refractivity contribution in [3.05, 3.63) is 48.5 Å². The van der Waals surface area contributed by atoms with Crippen molar-refractivity contribution in [2.45, 2.75) is 12.5 Å². The molecule has 0 aliphatic carbocycles. The molecule has 2 nitrogen and oxygen atoms in total. The van der Waals surface area contributed by atoms with Crippen molar-refractivity contribution < 1.29 is 22.3 Å². The lowest BCUT2D eigenvalue weighted by atomic mass is 10.0. The normalized spacial score (nSPS) is 11.7. The van der Waals surface area contributed by atoms with Crippen LogP contribution >= 0.6 is 0 Å². The summed E-state index contributed by atoms with van der Waals surface area (Å²) in [6.07, 6.45) is -8.45. The van der Waals surface area contributed by atoms with Gasteiger partial charge in [-0.25, -0.2) is 0 Å². The van der Waals surface area contributed by atoms with Gasteiger partial charge in [-0.15, -0.1) is 0 Å². The Morgan fingerprint density at radius 1 is 1.00 bits per heavy atom. The highest BCUT2D eigenvalue weighted by molar-refractivity contribution is 5.72. The molecule has 0 fully saturated rings. The Labute approximate surface area is 112 Å². The number of hydrogen-bond acceptors (Lipinski definition) is 2. The highest BCUT2D eigenvalue weighted by atomic mass is 19.3. The third-order valence-electron chi connectivity index (χ3n) is 2.58. The second-order valence-electron chi connectivity index (χ2n) is 4.09. The first-order chi connectivity index (χ1) is 9.40. The number of alkyl halides is 4. The molecule has 0 unspecified atom stereocenters. The number of nitrogen functional groups attached to an aromatic ring is 1. The van der Waals surface area contributed by atoms with Gasteiger partial charge in [0.2, 0.25) is 0 Å². The van der Waals surface area contributed by atoms with Crippen LogP contribution in [0.2, 0.25) is 0 Å². The summed E-state index contributed by atoms with van der Waals surface area (Å²) in [5, 5.41) is 0. The molecule has 0 saturated heterocycles. The molecule has 2 rings (SSSR count). The summed E-state index contributed by atoms with van der Waals surface area (Å²) in [4.78, 5) is 0. The van der Waals surface area contributed by atoms with Crippen LogP contribution in [0.15, 0.2) is 48.5 Å². The monoisotopic (exact) mass is 285 g/mol. The Hall–Kier alpha value is -2.24. The minimum atomic E-state index is -4.55. The maximum Gasteiger partial charge on any atom is 0.461 e. The van der Waals surface area contributed by atoms with Crippen LogP contribution in [0.5, 0.6) is 5.75 Å². The first-order valence-electron chi connectivity index (χ1n) is 5.70. The van der Waals surface area contributed by atoms with Gasteiger partial charge in [-0.05, 0) is 23.8 Å². The zero-order valence-electron chi connectivity index (χ0n) is 10.2. The lowest BCUT2D eigenvalue weighted by molar-refractivity contribution is -0.253. The molecule has 6 heteroatoms. The van der Waals surface area contributed by atoms with E-state index >= 15 is 0 Å². The van der Waals surface area contributed by atoms with Crippen molar-refractivity contribution in [2.75, 3.05) is 5.73 Å². The minimum absolute atomic E-state index is 0.264. The van der Waals surface area contributed by atoms with Crippen LogP contribution in [0.4, 0.5) is 23.2 Å². The molecule has 2 N–H and O–H groups in total. The molecule has 0 atom stereocenters. The van der Waals surface area contributed by atoms with Crippen LogP contribution < -0.4 is 10.5 Å². The van der Waals surface area contributed by atoms with Crippen molar-refractivity contribution in [3.63, 3.8) is 0 Å². The van der Waals surface area contributed by atoms with Gasteiger partial charge >= 0.3 is 12.5 Å². The zero-order chi connectivity index (χ0) is 14.8. The first-order valence-corrected chi connectivity index (χ1v) is 5.70. The number of ether oxygens (including phenoxy) is 1. The summed E-state index contributed by atoms with van der Waals surface area (Å²) in [5.41, 5.74) is 6.81. The Bertz CT molecular complexity index is 601. The van der Waals surface area contributed by atoms with Crippen LogP contribution in [-0.2, 0) is 0 Å². The molecule has 0 aliphatic heterocycles. The van der Waals surface area contributed by atoms with Gasteiger partial charge in [0.05, 0.1) is 0 Å². The Morgan fingerprint density at radius 3 is 2.35 bits per heavy atom. The quantitative estimate of drug-likeness (QED) is 0.676. The third kappa shape index (κ3) is 3.01. The zero-order valence-corrected chi connectivity index (χ0v) is 10.2. The van der Waals surface area contributed by atoms with Crippen molar-refractivity contribution in [1.82, 2.24) is 0 Å². The Kier molecular flexibility index (Phi) is 3.83. The molecule has 0 saturated carbocycles. The summed E-state index contributed by atoms with van der Waals surface area (Å²) < 4.78 is 54.6. The molecule has 0 radical (unpaired) electrons. The van der Waals surface area contributed by atoms with E-state index < -0.39 is 12.5 Å². The van der Waals surface area contributed by atoms with E-state index in [1.807, 2.05) is 0 Å². The van der Waals surface area contributed by atoms with Crippen molar-refractivity contribution in [3.8, 4) is 16.9 Å². The number of para-hydroxylation sites is 1. The summed E-state index contributed by atoms with van der Waals surface area (Å²) in [5.74, 6) is -0.330. The predicted molar refractivity (Wildman–Crippen MR) is 67.9 cm³/mol. The molecule has 0 amide bonds. The molecule has 0 aliphatic rings. The Morgan fingerprint density at radius 2 is 1.70 bits per heavy atom. The summed E-state index contributed by atoms with van der Waals surface area (Å²) in [6, 6.07) is 12.1. The molecule has 0 heterocycles. The number of anilines is 1. The molecule has 0 bridgehead atoms. The topological polar surface area (TPSA) is 35.2 Å². The largest absolute Gasteiger partial charge is 0.461 e. The maximum absolute atomic E-state index is 13.0. The molecule has 2 aromatic carbocycles. The molecule has 20 heavy (non-hydrogen) atoms. The standard InChI is InChI=1S/C14H11F4NO/c15-13(16)14(17,18)20-12-7-2-1-6-11(12)9-4-3-5-10(19)8-9/h1-8,13H,19H2. The molecule has 0 aromatic heterocycles. The fraction of sp³-hybridized carbons (Fsp3) is 0.143. The van der Waals surface area contributed by atoms with Crippen LogP contribution in [-0.4, -0.2) is 12.5 Å². The van der Waals surface area contributed by atoms with Gasteiger partial charge < -0.3 is 10.5 Å². The molecule has 0 spiro atoms. The minimum Gasteiger partial charge on any atom is -0.428 e. The summed E-state index contributed by atoms with van der Waals surface area (Å²) in [7, 11) is 0. The van der Waals surface area contributed by atoms with E-state index in [1.165, 1.54) is 18.2 Å². The van der Waals surface area contributed by atoms with Crippen molar-refractivity contribution in [2.24, 2.45) is 0 Å². The van der Waals surface area contributed by atoms with Gasteiger partial charge in [0.25, 0.3) is 0 Å². The number of benzene rings is 2. The highest BCUT2D eigenvalue weighted by Crippen LogP contribution is 2.35. The van der Waals surface area contributed by atoms with Crippen LogP contribution in [0.25, 0.3) is 11.1 Å². The van der Waals surface area contributed by atoms with Gasteiger partial charge in [-0.2, -0.15) is 17.6 Å². The lowest BCUT2D eigenvalue weighted by Gasteiger charge is -2.19. The van der Waals surface area contributed by atoms with Gasteiger partial charge in [0, 0.05) is 11.3 Å². The van der Waals surface area contributed by atoms with Crippen LogP contribution in [0.3, 0.4) is 0 Å². The van der Waals surface area contributed by atoms with Crippen LogP contribution in [0, 0.1) is 0 Å². The van der Waals surface area contributed by atoms with E-state index in [0.717, 1.165) is 0 Å². The molecular formula is C14H11F4NO. The Balaban J connectivity index is 2.41. The number of hydrogen-bond donors (Lipinski definition) is 1. The van der Waals surface area contributed by atoms with E-state index in [2.05, 4.69) is 4.74 Å². The van der Waals surface area contributed by atoms with Crippen molar-refractivity contribution >= 4 is 5.69 Å². The van der Waals surface area contributed by atoms with Gasteiger partial charge in [0.1, 0.15) is 5.75 Å². The summed E-state index contributed by atoms with van der Waals surface area (Å²) >= 11 is 0. The third-order valence-corrected chi connectivity index (χ3v) is 2.58. The SMILES string of the molecule is Nc1cccc(-c2ccccc2OC(F)(F)C(F)F)c1. The van der Waals surface area contributed by atoms with Gasteiger partial charge in [0.15, 0.2) is 0 Å². The molecule has 2 aromatic rings. The second kappa shape index (κ2) is 5.40. The van der Waals surface area contributed by atoms with Gasteiger partial charge in [-0.1, -0.05) is 30.3 Å². The summed E-state index contributed by atoms with van der Waals surface area (Å²) in [6.45, 7) is 0. The fourth-order valence-electron chi connectivity index (χ4n) is 1.69. The predicted octanol–water partition coefficient (Wildman–Crippen LogP) is 4.17. The number of nitrogens with two attached hydrogens (primary N) is 1. The molecule has 106 valence electrons. The van der Waals surface area contributed by atoms with Crippen LogP contribution in [0.1, 0.15) is 0 Å². The fourth-order valence-corrected chi connectivity index (χ4v) is 1.69. The van der Waals surface area contributed by atoms with Crippen molar-refractivity contribution in [1.29, 1.82) is 0 Å². The average molecular weight is 285 g/mol. The van der Waals surface area contributed by atoms with E-state index in [1.54, 1.807) is 30.3 Å². The first kappa shape index (κ1) is 14.2. The smallest absolute Gasteiger partial charge is 0.428 e. The second-order valence-corrected chi connectivity index (χ2v) is 4.09. The lowest BCUT2D eigenvalue weighted by Crippen LogP contribution is -2.33. The average Bonchev–Trinajstić information content (AvgIpc) is 2.38. The number of rotatable bonds is 4. The maximum atomic E-state index is 13.0. The van der Waals surface area contributed by atoms with E-state index in [9.17, 15) is 17.6 Å².